The van der Waals surface area contributed by atoms with Gasteiger partial charge in [-0.15, -0.1) is 0 Å². The average Bonchev–Trinajstić information content (AvgIpc) is 2.86. The van der Waals surface area contributed by atoms with Crippen molar-refractivity contribution >= 4 is 35.1 Å². The second-order valence-corrected chi connectivity index (χ2v) is 9.98. The van der Waals surface area contributed by atoms with Gasteiger partial charge in [0.15, 0.2) is 0 Å². The second kappa shape index (κ2) is 8.91. The molecular formula is C25H28ClN7O. The SMILES string of the molecule is O=c1cccc2n1CC1CC2CN(c2nc(Nc3ccc(Cl)cc3)nc(N3CCCCC3)n2)C1. The van der Waals surface area contributed by atoms with Crippen LogP contribution in [0.3, 0.4) is 0 Å². The van der Waals surface area contributed by atoms with Gasteiger partial charge in [0.2, 0.25) is 17.8 Å². The summed E-state index contributed by atoms with van der Waals surface area (Å²) < 4.78 is 1.95. The van der Waals surface area contributed by atoms with Gasteiger partial charge in [0.1, 0.15) is 0 Å². The van der Waals surface area contributed by atoms with E-state index in [0.717, 1.165) is 69.3 Å². The van der Waals surface area contributed by atoms with Crippen LogP contribution in [0.4, 0.5) is 23.5 Å². The predicted octanol–water partition coefficient (Wildman–Crippen LogP) is 4.04. The first kappa shape index (κ1) is 21.4. The molecule has 3 aromatic rings. The van der Waals surface area contributed by atoms with Gasteiger partial charge in [-0.1, -0.05) is 17.7 Å². The number of hydrogen-bond donors (Lipinski definition) is 1. The van der Waals surface area contributed by atoms with Crippen LogP contribution in [0, 0.1) is 5.92 Å². The molecule has 3 aliphatic heterocycles. The normalized spacial score (nSPS) is 21.8. The molecule has 2 saturated heterocycles. The average molecular weight is 478 g/mol. The summed E-state index contributed by atoms with van der Waals surface area (Å²) in [6, 6.07) is 13.2. The fourth-order valence-electron chi connectivity index (χ4n) is 5.51. The fraction of sp³-hybridized carbons (Fsp3) is 0.440. The summed E-state index contributed by atoms with van der Waals surface area (Å²) in [7, 11) is 0. The molecule has 0 aliphatic carbocycles. The lowest BCUT2D eigenvalue weighted by Crippen LogP contribution is -2.47. The largest absolute Gasteiger partial charge is 0.341 e. The lowest BCUT2D eigenvalue weighted by Gasteiger charge is -2.42. The van der Waals surface area contributed by atoms with Crippen molar-refractivity contribution in [3.8, 4) is 0 Å². The number of rotatable bonds is 4. The summed E-state index contributed by atoms with van der Waals surface area (Å²) in [5, 5.41) is 4.03. The summed E-state index contributed by atoms with van der Waals surface area (Å²) in [5.41, 5.74) is 2.11. The third-order valence-electron chi connectivity index (χ3n) is 7.11. The standard InChI is InChI=1S/C25H28ClN7O/c26-19-7-9-20(10-8-19)27-23-28-24(31-11-2-1-3-12-31)30-25(29-23)32-14-17-13-18(16-32)21-5-4-6-22(34)33(21)15-17/h4-10,17-18H,1-3,11-16H2,(H,27,28,29,30). The third-order valence-corrected chi connectivity index (χ3v) is 7.37. The van der Waals surface area contributed by atoms with E-state index in [4.69, 9.17) is 26.6 Å². The molecule has 0 amide bonds. The van der Waals surface area contributed by atoms with E-state index in [9.17, 15) is 4.79 Å². The molecule has 0 radical (unpaired) electrons. The van der Waals surface area contributed by atoms with Crippen LogP contribution in [0.1, 0.15) is 37.3 Å². The highest BCUT2D eigenvalue weighted by Gasteiger charge is 2.36. The van der Waals surface area contributed by atoms with Gasteiger partial charge in [-0.2, -0.15) is 15.0 Å². The second-order valence-electron chi connectivity index (χ2n) is 9.54. The Bertz CT molecular complexity index is 1240. The van der Waals surface area contributed by atoms with Crippen molar-refractivity contribution in [3.05, 3.63) is 63.5 Å². The van der Waals surface area contributed by atoms with Crippen molar-refractivity contribution in [2.45, 2.75) is 38.1 Å². The van der Waals surface area contributed by atoms with Gasteiger partial charge in [-0.25, -0.2) is 0 Å². The number of anilines is 4. The monoisotopic (exact) mass is 477 g/mol. The van der Waals surface area contributed by atoms with Crippen molar-refractivity contribution in [2.24, 2.45) is 5.92 Å². The number of hydrogen-bond acceptors (Lipinski definition) is 7. The van der Waals surface area contributed by atoms with Gasteiger partial charge in [0.05, 0.1) is 0 Å². The van der Waals surface area contributed by atoms with Crippen LogP contribution in [0.15, 0.2) is 47.3 Å². The Hall–Kier alpha value is -3.13. The minimum atomic E-state index is 0.0997. The van der Waals surface area contributed by atoms with E-state index >= 15 is 0 Å². The van der Waals surface area contributed by atoms with Crippen LogP contribution >= 0.6 is 11.6 Å². The van der Waals surface area contributed by atoms with Crippen molar-refractivity contribution in [3.63, 3.8) is 0 Å². The molecule has 6 rings (SSSR count). The van der Waals surface area contributed by atoms with Gasteiger partial charge in [0.25, 0.3) is 5.56 Å². The van der Waals surface area contributed by atoms with Crippen LogP contribution < -0.4 is 20.7 Å². The zero-order valence-corrected chi connectivity index (χ0v) is 19.8. The van der Waals surface area contributed by atoms with Crippen molar-refractivity contribution in [2.75, 3.05) is 41.3 Å². The van der Waals surface area contributed by atoms with E-state index in [-0.39, 0.29) is 5.56 Å². The van der Waals surface area contributed by atoms with Crippen LogP contribution in [-0.2, 0) is 6.54 Å². The lowest BCUT2D eigenvalue weighted by molar-refractivity contribution is 0.279. The number of aromatic nitrogens is 4. The van der Waals surface area contributed by atoms with E-state index in [1.165, 1.54) is 6.42 Å². The van der Waals surface area contributed by atoms with Crippen molar-refractivity contribution in [1.82, 2.24) is 19.5 Å². The number of benzene rings is 1. The Morgan fingerprint density at radius 1 is 0.853 bits per heavy atom. The predicted molar refractivity (Wildman–Crippen MR) is 134 cm³/mol. The Morgan fingerprint density at radius 3 is 2.41 bits per heavy atom. The first-order valence-corrected chi connectivity index (χ1v) is 12.5. The molecule has 1 N–H and O–H groups in total. The van der Waals surface area contributed by atoms with E-state index in [1.807, 2.05) is 34.9 Å². The maximum absolute atomic E-state index is 12.4. The van der Waals surface area contributed by atoms with Gasteiger partial charge >= 0.3 is 0 Å². The van der Waals surface area contributed by atoms with E-state index in [1.54, 1.807) is 6.07 Å². The van der Waals surface area contributed by atoms with E-state index in [0.29, 0.717) is 28.8 Å². The van der Waals surface area contributed by atoms with Gasteiger partial charge in [-0.05, 0) is 61.9 Å². The van der Waals surface area contributed by atoms with E-state index < -0.39 is 0 Å². The highest BCUT2D eigenvalue weighted by atomic mass is 35.5. The summed E-state index contributed by atoms with van der Waals surface area (Å²) in [6.45, 7) is 4.31. The number of nitrogens with zero attached hydrogens (tertiary/aromatic N) is 6. The molecule has 34 heavy (non-hydrogen) atoms. The summed E-state index contributed by atoms with van der Waals surface area (Å²) in [6.07, 6.45) is 4.65. The molecule has 2 fully saturated rings. The Balaban J connectivity index is 1.33. The van der Waals surface area contributed by atoms with Gasteiger partial charge < -0.3 is 19.7 Å². The highest BCUT2D eigenvalue weighted by molar-refractivity contribution is 6.30. The van der Waals surface area contributed by atoms with Crippen molar-refractivity contribution < 1.29 is 0 Å². The topological polar surface area (TPSA) is 79.2 Å². The molecule has 9 heteroatoms. The van der Waals surface area contributed by atoms with Crippen molar-refractivity contribution in [1.29, 1.82) is 0 Å². The molecule has 0 spiro atoms. The smallest absolute Gasteiger partial charge is 0.250 e. The first-order chi connectivity index (χ1) is 16.6. The zero-order chi connectivity index (χ0) is 23.1. The summed E-state index contributed by atoms with van der Waals surface area (Å²) in [4.78, 5) is 31.5. The molecule has 2 atom stereocenters. The molecule has 2 unspecified atom stereocenters. The van der Waals surface area contributed by atoms with Gasteiger partial charge in [0, 0.05) is 61.1 Å². The van der Waals surface area contributed by atoms with Gasteiger partial charge in [-0.3, -0.25) is 4.79 Å². The number of fused-ring (bicyclic) bond motifs is 4. The third kappa shape index (κ3) is 4.22. The summed E-state index contributed by atoms with van der Waals surface area (Å²) >= 11 is 6.06. The van der Waals surface area contributed by atoms with Crippen LogP contribution in [-0.4, -0.2) is 45.7 Å². The molecule has 2 bridgehead atoms. The van der Waals surface area contributed by atoms with E-state index in [2.05, 4.69) is 21.2 Å². The van der Waals surface area contributed by atoms with Crippen LogP contribution in [0.5, 0.6) is 0 Å². The molecule has 3 aliphatic rings. The quantitative estimate of drug-likeness (QED) is 0.607. The zero-order valence-electron chi connectivity index (χ0n) is 19.0. The van der Waals surface area contributed by atoms with Crippen LogP contribution in [0.2, 0.25) is 5.02 Å². The minimum absolute atomic E-state index is 0.0997. The molecule has 1 aromatic carbocycles. The number of piperidine rings is 2. The Kier molecular flexibility index (Phi) is 5.61. The maximum Gasteiger partial charge on any atom is 0.250 e. The molecular weight excluding hydrogens is 450 g/mol. The summed E-state index contributed by atoms with van der Waals surface area (Å²) in [5.74, 6) is 2.67. The maximum atomic E-state index is 12.4. The van der Waals surface area contributed by atoms with Crippen LogP contribution in [0.25, 0.3) is 0 Å². The minimum Gasteiger partial charge on any atom is -0.341 e. The highest BCUT2D eigenvalue weighted by Crippen LogP contribution is 2.36. The Labute approximate surface area is 203 Å². The Morgan fingerprint density at radius 2 is 1.62 bits per heavy atom. The number of halogens is 1. The fourth-order valence-corrected chi connectivity index (χ4v) is 5.63. The lowest BCUT2D eigenvalue weighted by atomic mass is 9.83. The number of pyridine rings is 1. The molecule has 8 nitrogen and oxygen atoms in total. The molecule has 2 aromatic heterocycles. The molecule has 176 valence electrons. The molecule has 0 saturated carbocycles. The molecule has 5 heterocycles. The first-order valence-electron chi connectivity index (χ1n) is 12.1. The number of nitrogens with one attached hydrogen (secondary N) is 1.